The molecule has 1 aliphatic heterocycles. The second kappa shape index (κ2) is 1.58. The van der Waals surface area contributed by atoms with E-state index in [1.165, 1.54) is 0 Å². The number of hydrogen-bond acceptors (Lipinski definition) is 2. The van der Waals surface area contributed by atoms with Crippen molar-refractivity contribution < 1.29 is 4.74 Å². The lowest BCUT2D eigenvalue weighted by molar-refractivity contribution is 0.404. The molecule has 0 aromatic carbocycles. The molecule has 1 rings (SSSR count). The molecule has 0 spiro atoms. The summed E-state index contributed by atoms with van der Waals surface area (Å²) in [5.41, 5.74) is 0. The van der Waals surface area contributed by atoms with E-state index < -0.39 is 0 Å². The molecule has 6 heavy (non-hydrogen) atoms. The largest absolute Gasteiger partial charge is 0.372 e. The van der Waals surface area contributed by atoms with Gasteiger partial charge >= 0.3 is 0 Å². The molecule has 1 radical (unpaired) electrons. The molecule has 0 bridgehead atoms. The normalized spacial score (nSPS) is 30.5. The zero-order valence-electron chi connectivity index (χ0n) is 3.61. The minimum absolute atomic E-state index is 0.475. The van der Waals surface area contributed by atoms with Gasteiger partial charge in [-0.05, 0) is 0 Å². The summed E-state index contributed by atoms with van der Waals surface area (Å²) in [5.74, 6) is 0. The van der Waals surface area contributed by atoms with Gasteiger partial charge in [-0.2, -0.15) is 0 Å². The van der Waals surface area contributed by atoms with E-state index in [0.29, 0.717) is 6.10 Å². The zero-order chi connectivity index (χ0) is 4.41. The van der Waals surface area contributed by atoms with Crippen molar-refractivity contribution >= 4 is 0 Å². The smallest absolute Gasteiger partial charge is 0.0933 e. The Labute approximate surface area is 37.5 Å². The minimum atomic E-state index is 0.475. The van der Waals surface area contributed by atoms with Gasteiger partial charge < -0.3 is 10.1 Å². The summed E-state index contributed by atoms with van der Waals surface area (Å²) < 4.78 is 4.85. The van der Waals surface area contributed by atoms with Crippen molar-refractivity contribution in [3.05, 3.63) is 7.05 Å². The highest BCUT2D eigenvalue weighted by atomic mass is 16.6. The van der Waals surface area contributed by atoms with E-state index in [-0.39, 0.29) is 0 Å². The third-order valence-corrected chi connectivity index (χ3v) is 0.774. The van der Waals surface area contributed by atoms with Crippen molar-refractivity contribution in [3.8, 4) is 0 Å². The Balaban J connectivity index is 1.88. The first-order valence-electron chi connectivity index (χ1n) is 2.05. The van der Waals surface area contributed by atoms with Crippen molar-refractivity contribution in [1.82, 2.24) is 5.32 Å². The lowest BCUT2D eigenvalue weighted by Crippen LogP contribution is -2.10. The highest BCUT2D eigenvalue weighted by Gasteiger charge is 2.20. The summed E-state index contributed by atoms with van der Waals surface area (Å²) in [5, 5.41) is 2.75. The highest BCUT2D eigenvalue weighted by molar-refractivity contribution is 4.70. The predicted molar refractivity (Wildman–Crippen MR) is 23.1 cm³/mol. The summed E-state index contributed by atoms with van der Waals surface area (Å²) in [6, 6.07) is 0. The van der Waals surface area contributed by atoms with Crippen LogP contribution in [0.15, 0.2) is 0 Å². The van der Waals surface area contributed by atoms with Gasteiger partial charge in [-0.25, -0.2) is 0 Å². The van der Waals surface area contributed by atoms with E-state index in [2.05, 4.69) is 12.4 Å². The molecule has 0 amide bonds. The second-order valence-corrected chi connectivity index (χ2v) is 1.41. The Morgan fingerprint density at radius 1 is 2.00 bits per heavy atom. The zero-order valence-corrected chi connectivity index (χ0v) is 3.61. The fraction of sp³-hybridized carbons (Fsp3) is 0.750. The molecule has 2 nitrogen and oxygen atoms in total. The van der Waals surface area contributed by atoms with Crippen molar-refractivity contribution in [2.24, 2.45) is 0 Å². The SMILES string of the molecule is [CH2]NCC1CO1. The first-order valence-corrected chi connectivity index (χ1v) is 2.05. The van der Waals surface area contributed by atoms with Gasteiger partial charge in [0, 0.05) is 13.6 Å². The third kappa shape index (κ3) is 0.954. The fourth-order valence-electron chi connectivity index (χ4n) is 0.347. The maximum absolute atomic E-state index is 4.85. The lowest BCUT2D eigenvalue weighted by atomic mass is 10.5. The van der Waals surface area contributed by atoms with Crippen LogP contribution < -0.4 is 5.32 Å². The van der Waals surface area contributed by atoms with Crippen LogP contribution in [-0.4, -0.2) is 19.3 Å². The van der Waals surface area contributed by atoms with Crippen LogP contribution in [0.3, 0.4) is 0 Å². The second-order valence-electron chi connectivity index (χ2n) is 1.41. The first-order chi connectivity index (χ1) is 2.93. The molecule has 2 heteroatoms. The standard InChI is InChI=1S/C4H8NO/c1-5-2-4-3-6-4/h4-5H,1-3H2. The molecule has 0 aromatic rings. The van der Waals surface area contributed by atoms with E-state index >= 15 is 0 Å². The Bertz CT molecular complexity index is 42.8. The average Bonchev–Trinajstić information content (AvgIpc) is 2.21. The van der Waals surface area contributed by atoms with Crippen LogP contribution in [0.25, 0.3) is 0 Å². The van der Waals surface area contributed by atoms with Crippen LogP contribution in [0.1, 0.15) is 0 Å². The Kier molecular flexibility index (Phi) is 1.08. The molecular weight excluding hydrogens is 78.0 g/mol. The molecule has 0 saturated carbocycles. The van der Waals surface area contributed by atoms with Gasteiger partial charge in [0.1, 0.15) is 0 Å². The van der Waals surface area contributed by atoms with Gasteiger partial charge in [0.25, 0.3) is 0 Å². The topological polar surface area (TPSA) is 24.6 Å². The summed E-state index contributed by atoms with van der Waals surface area (Å²) in [4.78, 5) is 0. The van der Waals surface area contributed by atoms with E-state index in [1.54, 1.807) is 0 Å². The van der Waals surface area contributed by atoms with Crippen molar-refractivity contribution in [2.45, 2.75) is 6.10 Å². The lowest BCUT2D eigenvalue weighted by Gasteiger charge is -1.84. The molecule has 1 aliphatic rings. The van der Waals surface area contributed by atoms with Crippen LogP contribution in [0.5, 0.6) is 0 Å². The van der Waals surface area contributed by atoms with Crippen molar-refractivity contribution in [2.75, 3.05) is 13.2 Å². The van der Waals surface area contributed by atoms with Gasteiger partial charge in [0.2, 0.25) is 0 Å². The maximum Gasteiger partial charge on any atom is 0.0933 e. The van der Waals surface area contributed by atoms with Crippen molar-refractivity contribution in [3.63, 3.8) is 0 Å². The van der Waals surface area contributed by atoms with Gasteiger partial charge in [-0.15, -0.1) is 0 Å². The number of rotatable bonds is 2. The fourth-order valence-corrected chi connectivity index (χ4v) is 0.347. The van der Waals surface area contributed by atoms with Crippen LogP contribution in [0.4, 0.5) is 0 Å². The van der Waals surface area contributed by atoms with Gasteiger partial charge in [0.05, 0.1) is 12.7 Å². The Hall–Kier alpha value is -0.0800. The molecule has 1 atom stereocenters. The molecule has 0 aromatic heterocycles. The third-order valence-electron chi connectivity index (χ3n) is 0.774. The minimum Gasteiger partial charge on any atom is -0.372 e. The van der Waals surface area contributed by atoms with E-state index in [4.69, 9.17) is 4.74 Å². The molecule has 1 saturated heterocycles. The predicted octanol–water partition coefficient (Wildman–Crippen LogP) is -0.234. The Morgan fingerprint density at radius 3 is 2.83 bits per heavy atom. The summed E-state index contributed by atoms with van der Waals surface area (Å²) >= 11 is 0. The van der Waals surface area contributed by atoms with Gasteiger partial charge in [-0.1, -0.05) is 0 Å². The van der Waals surface area contributed by atoms with Crippen molar-refractivity contribution in [1.29, 1.82) is 0 Å². The van der Waals surface area contributed by atoms with Gasteiger partial charge in [-0.3, -0.25) is 0 Å². The maximum atomic E-state index is 4.85. The van der Waals surface area contributed by atoms with Crippen LogP contribution >= 0.6 is 0 Å². The van der Waals surface area contributed by atoms with E-state index in [1.807, 2.05) is 0 Å². The molecular formula is C4H8NO. The number of nitrogens with one attached hydrogen (secondary N) is 1. The molecule has 1 N–H and O–H groups in total. The molecule has 1 unspecified atom stereocenters. The number of epoxide rings is 1. The van der Waals surface area contributed by atoms with Crippen LogP contribution in [0.2, 0.25) is 0 Å². The Morgan fingerprint density at radius 2 is 2.67 bits per heavy atom. The molecule has 35 valence electrons. The molecule has 1 heterocycles. The van der Waals surface area contributed by atoms with Crippen LogP contribution in [-0.2, 0) is 4.74 Å². The average molecular weight is 86.1 g/mol. The quantitative estimate of drug-likeness (QED) is 0.469. The monoisotopic (exact) mass is 86.1 g/mol. The van der Waals surface area contributed by atoms with E-state index in [0.717, 1.165) is 13.2 Å². The molecule has 1 fully saturated rings. The van der Waals surface area contributed by atoms with Crippen LogP contribution in [0, 0.1) is 7.05 Å². The summed E-state index contributed by atoms with van der Waals surface area (Å²) in [6.07, 6.45) is 0.475. The highest BCUT2D eigenvalue weighted by Crippen LogP contribution is 2.05. The number of ether oxygens (including phenoxy) is 1. The summed E-state index contributed by atoms with van der Waals surface area (Å²) in [6.45, 7) is 1.82. The van der Waals surface area contributed by atoms with E-state index in [9.17, 15) is 0 Å². The summed E-state index contributed by atoms with van der Waals surface area (Å²) in [7, 11) is 3.44. The number of hydrogen-bond donors (Lipinski definition) is 1. The molecule has 0 aliphatic carbocycles. The van der Waals surface area contributed by atoms with Gasteiger partial charge in [0.15, 0.2) is 0 Å². The first kappa shape index (κ1) is 4.09.